The lowest BCUT2D eigenvalue weighted by molar-refractivity contribution is -0.219. The lowest BCUT2D eigenvalue weighted by atomic mass is 9.86. The van der Waals surface area contributed by atoms with Crippen molar-refractivity contribution in [3.63, 3.8) is 0 Å². The molecule has 2 atom stereocenters. The van der Waals surface area contributed by atoms with E-state index in [1.54, 1.807) is 7.11 Å². The molecule has 0 aromatic heterocycles. The lowest BCUT2D eigenvalue weighted by Crippen LogP contribution is -2.48. The van der Waals surface area contributed by atoms with E-state index in [0.29, 0.717) is 12.1 Å². The van der Waals surface area contributed by atoms with Gasteiger partial charge in [-0.05, 0) is 25.7 Å². The molecular weight excluding hydrogens is 138 g/mol. The van der Waals surface area contributed by atoms with E-state index in [-0.39, 0.29) is 6.40 Å². The summed E-state index contributed by atoms with van der Waals surface area (Å²) in [6.45, 7) is 0. The zero-order valence-corrected chi connectivity index (χ0v) is 7.12. The van der Waals surface area contributed by atoms with Crippen molar-refractivity contribution >= 4 is 0 Å². The van der Waals surface area contributed by atoms with Crippen LogP contribution in [0.2, 0.25) is 0 Å². The summed E-state index contributed by atoms with van der Waals surface area (Å²) in [7, 11) is 1.76. The SMILES string of the molecule is [3H]C1CC2CCCC(C1)N2OC. The Morgan fingerprint density at radius 2 is 1.91 bits per heavy atom. The number of fused-ring (bicyclic) bond motifs is 2. The Kier molecular flexibility index (Phi) is 1.82. The fourth-order valence-corrected chi connectivity index (χ4v) is 2.36. The van der Waals surface area contributed by atoms with E-state index >= 15 is 0 Å². The Hall–Kier alpha value is -0.0800. The third-order valence-electron chi connectivity index (χ3n) is 2.88. The Morgan fingerprint density at radius 3 is 2.45 bits per heavy atom. The van der Waals surface area contributed by atoms with E-state index < -0.39 is 0 Å². The largest absolute Gasteiger partial charge is 0.302 e. The van der Waals surface area contributed by atoms with E-state index in [4.69, 9.17) is 6.21 Å². The van der Waals surface area contributed by atoms with Crippen LogP contribution in [0.4, 0.5) is 0 Å². The third-order valence-corrected chi connectivity index (χ3v) is 2.88. The number of nitrogens with zero attached hydrogens (tertiary/aromatic N) is 1. The van der Waals surface area contributed by atoms with Gasteiger partial charge in [0.05, 0.1) is 7.11 Å². The first-order valence-electron chi connectivity index (χ1n) is 5.13. The molecule has 0 spiro atoms. The maximum atomic E-state index is 7.75. The minimum absolute atomic E-state index is 0.159. The monoisotopic (exact) mass is 157 g/mol. The topological polar surface area (TPSA) is 12.5 Å². The second-order valence-electron chi connectivity index (χ2n) is 3.54. The molecule has 2 nitrogen and oxygen atoms in total. The zero-order valence-electron chi connectivity index (χ0n) is 8.12. The average Bonchev–Trinajstić information content (AvgIpc) is 2.02. The molecule has 0 saturated carbocycles. The summed E-state index contributed by atoms with van der Waals surface area (Å²) in [5, 5.41) is 2.13. The van der Waals surface area contributed by atoms with E-state index in [9.17, 15) is 0 Å². The van der Waals surface area contributed by atoms with Crippen LogP contribution in [-0.4, -0.2) is 24.3 Å². The minimum atomic E-state index is 0.159. The van der Waals surface area contributed by atoms with Crippen LogP contribution >= 0.6 is 0 Å². The van der Waals surface area contributed by atoms with Crippen LogP contribution in [0, 0.1) is 0 Å². The van der Waals surface area contributed by atoms with Gasteiger partial charge in [0.25, 0.3) is 0 Å². The Bertz CT molecular complexity index is 151. The summed E-state index contributed by atoms with van der Waals surface area (Å²) in [6, 6.07) is 1.06. The quantitative estimate of drug-likeness (QED) is 0.577. The van der Waals surface area contributed by atoms with Crippen LogP contribution < -0.4 is 0 Å². The molecule has 0 aromatic carbocycles. The first-order chi connectivity index (χ1) is 5.81. The number of hydrogen-bond donors (Lipinski definition) is 0. The van der Waals surface area contributed by atoms with Gasteiger partial charge in [-0.3, -0.25) is 0 Å². The Balaban J connectivity index is 2.06. The third kappa shape index (κ3) is 1.30. The molecule has 2 unspecified atom stereocenters. The maximum absolute atomic E-state index is 7.75. The van der Waals surface area contributed by atoms with Crippen molar-refractivity contribution in [3.8, 4) is 0 Å². The average molecular weight is 157 g/mol. The van der Waals surface area contributed by atoms with Gasteiger partial charge in [0, 0.05) is 13.5 Å². The highest BCUT2D eigenvalue weighted by molar-refractivity contribution is 4.84. The lowest BCUT2D eigenvalue weighted by Gasteiger charge is -2.44. The van der Waals surface area contributed by atoms with Gasteiger partial charge in [-0.2, -0.15) is 5.06 Å². The molecule has 0 amide bonds. The second kappa shape index (κ2) is 3.11. The van der Waals surface area contributed by atoms with Crippen LogP contribution in [0.15, 0.2) is 0 Å². The van der Waals surface area contributed by atoms with Crippen molar-refractivity contribution < 1.29 is 6.21 Å². The van der Waals surface area contributed by atoms with E-state index in [0.717, 1.165) is 12.8 Å². The van der Waals surface area contributed by atoms with Crippen molar-refractivity contribution in [2.24, 2.45) is 0 Å². The second-order valence-corrected chi connectivity index (χ2v) is 3.54. The van der Waals surface area contributed by atoms with Crippen LogP contribution in [0.1, 0.15) is 39.9 Å². The summed E-state index contributed by atoms with van der Waals surface area (Å²) in [5.41, 5.74) is 0. The molecule has 2 fully saturated rings. The van der Waals surface area contributed by atoms with Gasteiger partial charge >= 0.3 is 0 Å². The van der Waals surface area contributed by atoms with Crippen LogP contribution in [-0.2, 0) is 4.84 Å². The summed E-state index contributed by atoms with van der Waals surface area (Å²) >= 11 is 0. The molecule has 2 heteroatoms. The smallest absolute Gasteiger partial charge is 0.0575 e. The van der Waals surface area contributed by atoms with Crippen LogP contribution in [0.25, 0.3) is 0 Å². The molecule has 0 aromatic rings. The molecular formula is C9H17NO. The summed E-state index contributed by atoms with van der Waals surface area (Å²) < 4.78 is 7.75. The summed E-state index contributed by atoms with van der Waals surface area (Å²) in [4.78, 5) is 5.36. The van der Waals surface area contributed by atoms with Crippen molar-refractivity contribution in [3.05, 3.63) is 0 Å². The standard InChI is InChI=1S/C9H17NO/c1-11-10-8-4-2-5-9(10)7-3-6-8/h8-9H,2-7H2,1H3/i2T. The van der Waals surface area contributed by atoms with Gasteiger partial charge in [-0.25, -0.2) is 0 Å². The van der Waals surface area contributed by atoms with Crippen molar-refractivity contribution in [1.82, 2.24) is 5.06 Å². The first kappa shape index (κ1) is 6.44. The van der Waals surface area contributed by atoms with Crippen LogP contribution in [0.3, 0.4) is 0 Å². The molecule has 11 heavy (non-hydrogen) atoms. The highest BCUT2D eigenvalue weighted by atomic mass is 16.7. The molecule has 2 rings (SSSR count). The van der Waals surface area contributed by atoms with Gasteiger partial charge in [0.1, 0.15) is 0 Å². The maximum Gasteiger partial charge on any atom is 0.0575 e. The van der Waals surface area contributed by atoms with Gasteiger partial charge in [-0.15, -0.1) is 0 Å². The van der Waals surface area contributed by atoms with Crippen molar-refractivity contribution in [1.29, 1.82) is 0 Å². The van der Waals surface area contributed by atoms with Crippen LogP contribution in [0.5, 0.6) is 0 Å². The highest BCUT2D eigenvalue weighted by Crippen LogP contribution is 2.33. The van der Waals surface area contributed by atoms with Gasteiger partial charge < -0.3 is 4.84 Å². The highest BCUT2D eigenvalue weighted by Gasteiger charge is 2.33. The van der Waals surface area contributed by atoms with E-state index in [2.05, 4.69) is 5.06 Å². The van der Waals surface area contributed by atoms with Crippen molar-refractivity contribution in [2.75, 3.05) is 7.11 Å². The first-order valence-corrected chi connectivity index (χ1v) is 4.56. The number of rotatable bonds is 1. The molecule has 64 valence electrons. The zero-order chi connectivity index (χ0) is 8.55. The van der Waals surface area contributed by atoms with E-state index in [1.165, 1.54) is 19.3 Å². The number of hydrogen-bond acceptors (Lipinski definition) is 2. The van der Waals surface area contributed by atoms with E-state index in [1.807, 2.05) is 0 Å². The molecule has 0 radical (unpaired) electrons. The summed E-state index contributed by atoms with van der Waals surface area (Å²) in [5.74, 6) is 0. The predicted molar refractivity (Wildman–Crippen MR) is 44.1 cm³/mol. The molecule has 2 saturated heterocycles. The Labute approximate surface area is 69.9 Å². The minimum Gasteiger partial charge on any atom is -0.302 e. The normalized spacial score (nSPS) is 47.0. The molecule has 0 N–H and O–H groups in total. The molecule has 2 heterocycles. The molecule has 2 aliphatic rings. The fraction of sp³-hybridized carbons (Fsp3) is 1.00. The number of piperidine rings is 2. The number of hydroxylamine groups is 2. The fourth-order valence-electron chi connectivity index (χ4n) is 2.36. The molecule has 0 aliphatic carbocycles. The molecule has 2 bridgehead atoms. The molecule has 2 aliphatic heterocycles. The summed E-state index contributed by atoms with van der Waals surface area (Å²) in [6.07, 6.45) is 5.93. The van der Waals surface area contributed by atoms with Gasteiger partial charge in [-0.1, -0.05) is 12.8 Å². The Morgan fingerprint density at radius 1 is 1.27 bits per heavy atom. The van der Waals surface area contributed by atoms with Gasteiger partial charge in [0.2, 0.25) is 0 Å². The predicted octanol–water partition coefficient (Wildman–Crippen LogP) is 1.95. The van der Waals surface area contributed by atoms with Crippen molar-refractivity contribution in [2.45, 2.75) is 50.6 Å². The van der Waals surface area contributed by atoms with Gasteiger partial charge in [0.15, 0.2) is 0 Å².